The van der Waals surface area contributed by atoms with E-state index in [9.17, 15) is 8.42 Å². The summed E-state index contributed by atoms with van der Waals surface area (Å²) in [7, 11) is -3.65. The summed E-state index contributed by atoms with van der Waals surface area (Å²) < 4.78 is 28.6. The van der Waals surface area contributed by atoms with Gasteiger partial charge in [0.05, 0.1) is 4.90 Å². The van der Waals surface area contributed by atoms with Gasteiger partial charge in [-0.25, -0.2) is 8.42 Å². The quantitative estimate of drug-likeness (QED) is 0.699. The summed E-state index contributed by atoms with van der Waals surface area (Å²) in [6.45, 7) is 8.04. The standard InChI is InChI=1S/C21H23NO2S/c1-15-9-11-18(21(2,3)4)14-20(15)25(23,24)22-19-12-10-16-7-5-6-8-17(16)13-19/h5-14,22H,1-4H3. The van der Waals surface area contributed by atoms with E-state index in [1.54, 1.807) is 12.1 Å². The first-order valence-electron chi connectivity index (χ1n) is 8.29. The fraction of sp³-hybridized carbons (Fsp3) is 0.238. The molecule has 0 heterocycles. The number of aryl methyl sites for hydroxylation is 1. The molecule has 0 aliphatic rings. The van der Waals surface area contributed by atoms with Crippen LogP contribution in [0.3, 0.4) is 0 Å². The van der Waals surface area contributed by atoms with Gasteiger partial charge in [0.2, 0.25) is 0 Å². The number of nitrogens with one attached hydrogen (secondary N) is 1. The highest BCUT2D eigenvalue weighted by atomic mass is 32.2. The second-order valence-corrected chi connectivity index (χ2v) is 9.05. The predicted molar refractivity (Wildman–Crippen MR) is 105 cm³/mol. The van der Waals surface area contributed by atoms with Crippen LogP contribution in [-0.4, -0.2) is 8.42 Å². The average molecular weight is 353 g/mol. The van der Waals surface area contributed by atoms with Crippen LogP contribution in [0.1, 0.15) is 31.9 Å². The van der Waals surface area contributed by atoms with E-state index in [2.05, 4.69) is 25.5 Å². The predicted octanol–water partition coefficient (Wildman–Crippen LogP) is 5.25. The van der Waals surface area contributed by atoms with Gasteiger partial charge in [-0.15, -0.1) is 0 Å². The van der Waals surface area contributed by atoms with Gasteiger partial charge in [-0.05, 0) is 52.4 Å². The van der Waals surface area contributed by atoms with Crippen molar-refractivity contribution >= 4 is 26.5 Å². The number of sulfonamides is 1. The lowest BCUT2D eigenvalue weighted by molar-refractivity contribution is 0.584. The Labute approximate surface area is 149 Å². The molecule has 1 N–H and O–H groups in total. The summed E-state index contributed by atoms with van der Waals surface area (Å²) in [6, 6.07) is 19.1. The Morgan fingerprint density at radius 1 is 0.840 bits per heavy atom. The Morgan fingerprint density at radius 2 is 1.52 bits per heavy atom. The van der Waals surface area contributed by atoms with Gasteiger partial charge in [0.15, 0.2) is 0 Å². The minimum absolute atomic E-state index is 0.110. The zero-order valence-corrected chi connectivity index (χ0v) is 15.8. The summed E-state index contributed by atoms with van der Waals surface area (Å²) in [5.41, 5.74) is 2.19. The summed E-state index contributed by atoms with van der Waals surface area (Å²) >= 11 is 0. The van der Waals surface area contributed by atoms with E-state index in [1.807, 2.05) is 55.5 Å². The van der Waals surface area contributed by atoms with Crippen LogP contribution >= 0.6 is 0 Å². The third-order valence-corrected chi connectivity index (χ3v) is 5.87. The van der Waals surface area contributed by atoms with Crippen molar-refractivity contribution in [1.29, 1.82) is 0 Å². The molecular weight excluding hydrogens is 330 g/mol. The first-order chi connectivity index (χ1) is 11.7. The zero-order valence-electron chi connectivity index (χ0n) is 15.0. The molecule has 0 amide bonds. The SMILES string of the molecule is Cc1ccc(C(C)(C)C)cc1S(=O)(=O)Nc1ccc2ccccc2c1. The third kappa shape index (κ3) is 3.69. The lowest BCUT2D eigenvalue weighted by Gasteiger charge is -2.21. The maximum Gasteiger partial charge on any atom is 0.262 e. The Kier molecular flexibility index (Phi) is 4.33. The molecule has 0 saturated heterocycles. The average Bonchev–Trinajstić information content (AvgIpc) is 2.53. The van der Waals surface area contributed by atoms with Gasteiger partial charge in [0.25, 0.3) is 10.0 Å². The fourth-order valence-electron chi connectivity index (χ4n) is 2.82. The van der Waals surface area contributed by atoms with Crippen molar-refractivity contribution in [2.45, 2.75) is 38.0 Å². The number of fused-ring (bicyclic) bond motifs is 1. The second kappa shape index (κ2) is 6.19. The zero-order chi connectivity index (χ0) is 18.2. The molecule has 0 unspecified atom stereocenters. The topological polar surface area (TPSA) is 46.2 Å². The van der Waals surface area contributed by atoms with Crippen molar-refractivity contribution < 1.29 is 8.42 Å². The van der Waals surface area contributed by atoms with Crippen LogP contribution in [0.15, 0.2) is 65.6 Å². The molecule has 4 heteroatoms. The third-order valence-electron chi connectivity index (χ3n) is 4.35. The van der Waals surface area contributed by atoms with E-state index in [4.69, 9.17) is 0 Å². The largest absolute Gasteiger partial charge is 0.280 e. The van der Waals surface area contributed by atoms with Gasteiger partial charge in [0, 0.05) is 5.69 Å². The second-order valence-electron chi connectivity index (χ2n) is 7.40. The molecule has 130 valence electrons. The van der Waals surface area contributed by atoms with Gasteiger partial charge in [-0.2, -0.15) is 0 Å². The number of benzene rings is 3. The smallest absolute Gasteiger partial charge is 0.262 e. The maximum atomic E-state index is 12.9. The van der Waals surface area contributed by atoms with E-state index >= 15 is 0 Å². The van der Waals surface area contributed by atoms with E-state index in [0.29, 0.717) is 10.6 Å². The molecule has 0 aliphatic carbocycles. The van der Waals surface area contributed by atoms with Crippen molar-refractivity contribution in [1.82, 2.24) is 0 Å². The fourth-order valence-corrected chi connectivity index (χ4v) is 4.14. The molecule has 0 spiro atoms. The van der Waals surface area contributed by atoms with Gasteiger partial charge < -0.3 is 0 Å². The Bertz CT molecular complexity index is 1030. The van der Waals surface area contributed by atoms with E-state index in [-0.39, 0.29) is 5.41 Å². The monoisotopic (exact) mass is 353 g/mol. The summed E-state index contributed by atoms with van der Waals surface area (Å²) in [5, 5.41) is 2.08. The van der Waals surface area contributed by atoms with Crippen LogP contribution in [0.4, 0.5) is 5.69 Å². The molecular formula is C21H23NO2S. The molecule has 0 saturated carbocycles. The molecule has 0 fully saturated rings. The lowest BCUT2D eigenvalue weighted by Crippen LogP contribution is -2.17. The number of hydrogen-bond acceptors (Lipinski definition) is 2. The first-order valence-corrected chi connectivity index (χ1v) is 9.78. The van der Waals surface area contributed by atoms with E-state index in [1.165, 1.54) is 0 Å². The highest BCUT2D eigenvalue weighted by molar-refractivity contribution is 7.92. The molecule has 0 bridgehead atoms. The van der Waals surface area contributed by atoms with Crippen molar-refractivity contribution in [2.75, 3.05) is 4.72 Å². The molecule has 3 rings (SSSR count). The highest BCUT2D eigenvalue weighted by Crippen LogP contribution is 2.28. The van der Waals surface area contributed by atoms with Crippen molar-refractivity contribution in [3.8, 4) is 0 Å². The van der Waals surface area contributed by atoms with Gasteiger partial charge in [-0.3, -0.25) is 4.72 Å². The molecule has 3 aromatic carbocycles. The number of rotatable bonds is 3. The first kappa shape index (κ1) is 17.5. The summed E-state index contributed by atoms with van der Waals surface area (Å²) in [4.78, 5) is 0.327. The molecule has 25 heavy (non-hydrogen) atoms. The molecule has 0 radical (unpaired) electrons. The maximum absolute atomic E-state index is 12.9. The van der Waals surface area contributed by atoms with Crippen LogP contribution in [-0.2, 0) is 15.4 Å². The minimum Gasteiger partial charge on any atom is -0.280 e. The Morgan fingerprint density at radius 3 is 2.20 bits per heavy atom. The van der Waals surface area contributed by atoms with Gasteiger partial charge >= 0.3 is 0 Å². The molecule has 0 atom stereocenters. The van der Waals surface area contributed by atoms with Crippen molar-refractivity contribution in [2.24, 2.45) is 0 Å². The van der Waals surface area contributed by atoms with E-state index in [0.717, 1.165) is 21.9 Å². The van der Waals surface area contributed by atoms with Crippen LogP contribution < -0.4 is 4.72 Å². The minimum atomic E-state index is -3.65. The summed E-state index contributed by atoms with van der Waals surface area (Å²) in [5.74, 6) is 0. The molecule has 3 aromatic rings. The van der Waals surface area contributed by atoms with Crippen LogP contribution in [0.25, 0.3) is 10.8 Å². The number of hydrogen-bond donors (Lipinski definition) is 1. The van der Waals surface area contributed by atoms with Crippen LogP contribution in [0.5, 0.6) is 0 Å². The molecule has 0 aromatic heterocycles. The van der Waals surface area contributed by atoms with Crippen LogP contribution in [0, 0.1) is 6.92 Å². The van der Waals surface area contributed by atoms with E-state index < -0.39 is 10.0 Å². The summed E-state index contributed by atoms with van der Waals surface area (Å²) in [6.07, 6.45) is 0. The van der Waals surface area contributed by atoms with Crippen LogP contribution in [0.2, 0.25) is 0 Å². The Balaban J connectivity index is 2.01. The van der Waals surface area contributed by atoms with Crippen molar-refractivity contribution in [3.63, 3.8) is 0 Å². The normalized spacial score (nSPS) is 12.3. The molecule has 3 nitrogen and oxygen atoms in total. The van der Waals surface area contributed by atoms with Crippen molar-refractivity contribution in [3.05, 3.63) is 71.8 Å². The lowest BCUT2D eigenvalue weighted by atomic mass is 9.87. The highest BCUT2D eigenvalue weighted by Gasteiger charge is 2.21. The Hall–Kier alpha value is -2.33. The number of anilines is 1. The molecule has 0 aliphatic heterocycles. The van der Waals surface area contributed by atoms with Gasteiger partial charge in [-0.1, -0.05) is 63.2 Å². The van der Waals surface area contributed by atoms with Gasteiger partial charge in [0.1, 0.15) is 0 Å².